The fourth-order valence-corrected chi connectivity index (χ4v) is 1.79. The lowest BCUT2D eigenvalue weighted by Gasteiger charge is -2.16. The van der Waals surface area contributed by atoms with E-state index in [-0.39, 0.29) is 17.9 Å². The predicted molar refractivity (Wildman–Crippen MR) is 62.9 cm³/mol. The van der Waals surface area contributed by atoms with E-state index in [2.05, 4.69) is 19.2 Å². The third-order valence-electron chi connectivity index (χ3n) is 3.10. The molecule has 0 radical (unpaired) electrons. The van der Waals surface area contributed by atoms with Gasteiger partial charge in [-0.25, -0.2) is 0 Å². The van der Waals surface area contributed by atoms with Crippen LogP contribution >= 0.6 is 0 Å². The van der Waals surface area contributed by atoms with E-state index < -0.39 is 0 Å². The Bertz CT molecular complexity index is 266. The summed E-state index contributed by atoms with van der Waals surface area (Å²) in [4.78, 5) is 24.8. The number of amides is 2. The number of nitrogens with one attached hydrogen (secondary N) is 1. The highest BCUT2D eigenvalue weighted by Gasteiger charge is 2.37. The topological polar surface area (TPSA) is 49.4 Å². The lowest BCUT2D eigenvalue weighted by Crippen LogP contribution is -2.40. The highest BCUT2D eigenvalue weighted by atomic mass is 16.2. The van der Waals surface area contributed by atoms with Crippen molar-refractivity contribution in [3.8, 4) is 0 Å². The first-order chi connectivity index (χ1) is 7.60. The number of nitrogens with zero attached hydrogens (tertiary/aromatic N) is 1. The van der Waals surface area contributed by atoms with Gasteiger partial charge in [0.1, 0.15) is 0 Å². The normalized spacial score (nSPS) is 22.9. The van der Waals surface area contributed by atoms with Crippen molar-refractivity contribution in [3.05, 3.63) is 0 Å². The van der Waals surface area contributed by atoms with Crippen molar-refractivity contribution in [3.63, 3.8) is 0 Å². The van der Waals surface area contributed by atoms with Crippen LogP contribution in [0, 0.1) is 5.92 Å². The largest absolute Gasteiger partial charge is 0.305 e. The molecule has 0 saturated carbocycles. The Morgan fingerprint density at radius 1 is 1.44 bits per heavy atom. The van der Waals surface area contributed by atoms with E-state index in [1.54, 1.807) is 0 Å². The van der Waals surface area contributed by atoms with Gasteiger partial charge in [0.05, 0.1) is 12.5 Å². The van der Waals surface area contributed by atoms with Crippen LogP contribution in [0.4, 0.5) is 0 Å². The Balaban J connectivity index is 2.46. The maximum absolute atomic E-state index is 11.8. The summed E-state index contributed by atoms with van der Waals surface area (Å²) in [5.41, 5.74) is 0. The van der Waals surface area contributed by atoms with Crippen LogP contribution in [0.2, 0.25) is 0 Å². The summed E-state index contributed by atoms with van der Waals surface area (Å²) in [5.74, 6) is 0.465. The van der Waals surface area contributed by atoms with E-state index in [1.807, 2.05) is 6.92 Å². The van der Waals surface area contributed by atoms with Gasteiger partial charge in [-0.05, 0) is 18.9 Å². The highest BCUT2D eigenvalue weighted by molar-refractivity contribution is 6.05. The molecular weight excluding hydrogens is 204 g/mol. The molecule has 0 aromatic rings. The number of likely N-dealkylation sites (tertiary alicyclic amines) is 1. The zero-order valence-corrected chi connectivity index (χ0v) is 10.5. The lowest BCUT2D eigenvalue weighted by atomic mass is 10.1. The van der Waals surface area contributed by atoms with Crippen molar-refractivity contribution in [2.45, 2.75) is 46.1 Å². The average Bonchev–Trinajstić information content (AvgIpc) is 2.54. The number of hydrogen-bond donors (Lipinski definition) is 1. The van der Waals surface area contributed by atoms with Gasteiger partial charge in [-0.3, -0.25) is 14.5 Å². The number of rotatable bonds is 6. The quantitative estimate of drug-likeness (QED) is 0.691. The number of imide groups is 1. The fourth-order valence-electron chi connectivity index (χ4n) is 1.79. The van der Waals surface area contributed by atoms with Gasteiger partial charge < -0.3 is 5.32 Å². The summed E-state index contributed by atoms with van der Waals surface area (Å²) in [7, 11) is 0. The minimum Gasteiger partial charge on any atom is -0.305 e. The zero-order chi connectivity index (χ0) is 12.1. The molecule has 4 heteroatoms. The molecule has 1 fully saturated rings. The van der Waals surface area contributed by atoms with Crippen molar-refractivity contribution >= 4 is 11.8 Å². The second kappa shape index (κ2) is 5.99. The van der Waals surface area contributed by atoms with Crippen LogP contribution in [0.15, 0.2) is 0 Å². The summed E-state index contributed by atoms with van der Waals surface area (Å²) in [6.45, 7) is 7.59. The number of carbonyl (C=O) groups is 2. The molecule has 0 spiro atoms. The van der Waals surface area contributed by atoms with Crippen molar-refractivity contribution < 1.29 is 9.59 Å². The van der Waals surface area contributed by atoms with E-state index in [0.717, 1.165) is 19.4 Å². The van der Waals surface area contributed by atoms with Crippen LogP contribution in [0.5, 0.6) is 0 Å². The molecule has 1 rings (SSSR count). The van der Waals surface area contributed by atoms with Crippen molar-refractivity contribution in [1.82, 2.24) is 10.2 Å². The van der Waals surface area contributed by atoms with Crippen LogP contribution in [0.3, 0.4) is 0 Å². The predicted octanol–water partition coefficient (Wildman–Crippen LogP) is 1.16. The second-order valence-electron chi connectivity index (χ2n) is 4.56. The second-order valence-corrected chi connectivity index (χ2v) is 4.56. The molecule has 16 heavy (non-hydrogen) atoms. The van der Waals surface area contributed by atoms with E-state index in [4.69, 9.17) is 0 Å². The molecule has 0 bridgehead atoms. The van der Waals surface area contributed by atoms with E-state index in [1.165, 1.54) is 4.90 Å². The van der Waals surface area contributed by atoms with Gasteiger partial charge in [0.25, 0.3) is 0 Å². The van der Waals surface area contributed by atoms with Crippen LogP contribution < -0.4 is 5.32 Å². The first kappa shape index (κ1) is 13.2. The third-order valence-corrected chi connectivity index (χ3v) is 3.10. The Hall–Kier alpha value is -0.900. The van der Waals surface area contributed by atoms with Gasteiger partial charge in [-0.15, -0.1) is 0 Å². The molecule has 0 aliphatic carbocycles. The van der Waals surface area contributed by atoms with Gasteiger partial charge in [0.15, 0.2) is 0 Å². The molecule has 1 heterocycles. The Kier molecular flexibility index (Phi) is 4.93. The molecule has 0 aromatic heterocycles. The molecule has 92 valence electrons. The van der Waals surface area contributed by atoms with Crippen LogP contribution in [0.1, 0.15) is 40.0 Å². The van der Waals surface area contributed by atoms with Crippen molar-refractivity contribution in [2.24, 2.45) is 5.92 Å². The minimum atomic E-state index is -0.284. The first-order valence-electron chi connectivity index (χ1n) is 6.17. The molecule has 1 aliphatic rings. The third kappa shape index (κ3) is 3.04. The number of carbonyl (C=O) groups excluding carboxylic acids is 2. The summed E-state index contributed by atoms with van der Waals surface area (Å²) in [6.07, 6.45) is 2.24. The van der Waals surface area contributed by atoms with Crippen LogP contribution in [0.25, 0.3) is 0 Å². The molecule has 2 amide bonds. The fraction of sp³-hybridized carbons (Fsp3) is 0.833. The Morgan fingerprint density at radius 2 is 2.12 bits per heavy atom. The molecule has 2 unspecified atom stereocenters. The first-order valence-corrected chi connectivity index (χ1v) is 6.17. The zero-order valence-electron chi connectivity index (χ0n) is 10.5. The van der Waals surface area contributed by atoms with E-state index in [9.17, 15) is 9.59 Å². The summed E-state index contributed by atoms with van der Waals surface area (Å²) in [5, 5.41) is 3.19. The molecule has 0 aromatic carbocycles. The minimum absolute atomic E-state index is 0.0338. The summed E-state index contributed by atoms with van der Waals surface area (Å²) < 4.78 is 0. The summed E-state index contributed by atoms with van der Waals surface area (Å²) >= 11 is 0. The van der Waals surface area contributed by atoms with E-state index >= 15 is 0 Å². The van der Waals surface area contributed by atoms with Gasteiger partial charge >= 0.3 is 0 Å². The van der Waals surface area contributed by atoms with Crippen LogP contribution in [-0.4, -0.2) is 35.8 Å². The summed E-state index contributed by atoms with van der Waals surface area (Å²) in [6, 6.07) is -0.284. The number of hydrogen-bond acceptors (Lipinski definition) is 3. The van der Waals surface area contributed by atoms with Gasteiger partial charge in [0.2, 0.25) is 11.8 Å². The Labute approximate surface area is 97.4 Å². The lowest BCUT2D eigenvalue weighted by molar-refractivity contribution is -0.138. The van der Waals surface area contributed by atoms with E-state index in [0.29, 0.717) is 18.9 Å². The molecular formula is C12H22N2O2. The SMILES string of the molecule is CCCN1C(=O)CC(NCC(C)CC)C1=O. The molecule has 1 saturated heterocycles. The van der Waals surface area contributed by atoms with Gasteiger partial charge in [-0.1, -0.05) is 27.2 Å². The maximum Gasteiger partial charge on any atom is 0.246 e. The monoisotopic (exact) mass is 226 g/mol. The smallest absolute Gasteiger partial charge is 0.246 e. The molecule has 1 aliphatic heterocycles. The van der Waals surface area contributed by atoms with Gasteiger partial charge in [-0.2, -0.15) is 0 Å². The van der Waals surface area contributed by atoms with Crippen molar-refractivity contribution in [1.29, 1.82) is 0 Å². The molecule has 1 N–H and O–H groups in total. The van der Waals surface area contributed by atoms with Crippen molar-refractivity contribution in [2.75, 3.05) is 13.1 Å². The van der Waals surface area contributed by atoms with Gasteiger partial charge in [0, 0.05) is 6.54 Å². The van der Waals surface area contributed by atoms with Crippen LogP contribution in [-0.2, 0) is 9.59 Å². The average molecular weight is 226 g/mol. The molecule has 2 atom stereocenters. The Morgan fingerprint density at radius 3 is 2.69 bits per heavy atom. The maximum atomic E-state index is 11.8. The standard InChI is InChI=1S/C12H22N2O2/c1-4-6-14-11(15)7-10(12(14)16)13-8-9(3)5-2/h9-10,13H,4-8H2,1-3H3. The highest BCUT2D eigenvalue weighted by Crippen LogP contribution is 2.13. The molecule has 4 nitrogen and oxygen atoms in total.